The Labute approximate surface area is 92.9 Å². The van der Waals surface area contributed by atoms with Crippen molar-refractivity contribution in [2.75, 3.05) is 6.54 Å². The monoisotopic (exact) mass is 209 g/mol. The molecule has 3 heteroatoms. The Balaban J connectivity index is 2.31. The highest BCUT2D eigenvalue weighted by Crippen LogP contribution is 2.08. The minimum atomic E-state index is 0.725. The molecule has 3 nitrogen and oxygen atoms in total. The van der Waals surface area contributed by atoms with E-state index in [-0.39, 0.29) is 0 Å². The molecule has 0 saturated carbocycles. The molecule has 0 aliphatic rings. The molecule has 1 N–H and O–H groups in total. The van der Waals surface area contributed by atoms with Gasteiger partial charge in [-0.2, -0.15) is 0 Å². The maximum atomic E-state index is 4.15. The van der Waals surface area contributed by atoms with Gasteiger partial charge in [0.15, 0.2) is 0 Å². The molecular formula is C12H23N3. The highest BCUT2D eigenvalue weighted by atomic mass is 15.1. The Hall–Kier alpha value is -0.830. The second-order valence-electron chi connectivity index (χ2n) is 4.52. The summed E-state index contributed by atoms with van der Waals surface area (Å²) >= 11 is 0. The first-order valence-corrected chi connectivity index (χ1v) is 5.84. The lowest BCUT2D eigenvalue weighted by Gasteiger charge is -2.16. The topological polar surface area (TPSA) is 29.9 Å². The first-order chi connectivity index (χ1) is 7.15. The maximum absolute atomic E-state index is 4.15. The van der Waals surface area contributed by atoms with Crippen LogP contribution in [0, 0.1) is 11.8 Å². The summed E-state index contributed by atoms with van der Waals surface area (Å²) in [7, 11) is 0. The molecule has 86 valence electrons. The second-order valence-corrected chi connectivity index (χ2v) is 4.52. The Morgan fingerprint density at radius 3 is 2.73 bits per heavy atom. The van der Waals surface area contributed by atoms with E-state index in [1.807, 2.05) is 12.5 Å². The number of rotatable bonds is 6. The minimum absolute atomic E-state index is 0.725. The summed E-state index contributed by atoms with van der Waals surface area (Å²) < 4.78 is 2.17. The summed E-state index contributed by atoms with van der Waals surface area (Å²) in [5.74, 6) is 1.47. The van der Waals surface area contributed by atoms with Crippen molar-refractivity contribution in [3.63, 3.8) is 0 Å². The van der Waals surface area contributed by atoms with E-state index in [9.17, 15) is 0 Å². The zero-order valence-electron chi connectivity index (χ0n) is 10.3. The molecule has 0 saturated heterocycles. The third kappa shape index (κ3) is 3.67. The standard InChI is InChI=1S/C12H23N3/c1-5-15-9-14-8-12(15)7-13-6-11(4)10(2)3/h8-11,13H,5-7H2,1-4H3. The van der Waals surface area contributed by atoms with Crippen LogP contribution in [-0.4, -0.2) is 16.1 Å². The molecule has 0 fully saturated rings. The predicted molar refractivity (Wildman–Crippen MR) is 63.6 cm³/mol. The van der Waals surface area contributed by atoms with Gasteiger partial charge in [-0.3, -0.25) is 0 Å². The number of nitrogens with one attached hydrogen (secondary N) is 1. The van der Waals surface area contributed by atoms with Gasteiger partial charge in [0.2, 0.25) is 0 Å². The Morgan fingerprint density at radius 2 is 2.13 bits per heavy atom. The van der Waals surface area contributed by atoms with Crippen molar-refractivity contribution in [2.45, 2.75) is 40.8 Å². The molecule has 1 rings (SSSR count). The summed E-state index contributed by atoms with van der Waals surface area (Å²) in [6.07, 6.45) is 3.83. The maximum Gasteiger partial charge on any atom is 0.0948 e. The van der Waals surface area contributed by atoms with Crippen LogP contribution in [0.1, 0.15) is 33.4 Å². The summed E-state index contributed by atoms with van der Waals surface area (Å²) in [5, 5.41) is 3.48. The molecule has 1 heterocycles. The van der Waals surface area contributed by atoms with Crippen molar-refractivity contribution in [1.82, 2.24) is 14.9 Å². The van der Waals surface area contributed by atoms with Gasteiger partial charge in [0.1, 0.15) is 0 Å². The fourth-order valence-electron chi connectivity index (χ4n) is 1.44. The minimum Gasteiger partial charge on any atom is -0.334 e. The van der Waals surface area contributed by atoms with Gasteiger partial charge in [0.05, 0.1) is 12.0 Å². The van der Waals surface area contributed by atoms with E-state index in [1.54, 1.807) is 0 Å². The SMILES string of the molecule is CCn1cncc1CNCC(C)C(C)C. The van der Waals surface area contributed by atoms with Crippen LogP contribution in [0.15, 0.2) is 12.5 Å². The molecule has 0 amide bonds. The first kappa shape index (κ1) is 12.2. The number of aryl methyl sites for hydroxylation is 1. The molecule has 0 bridgehead atoms. The number of hydrogen-bond acceptors (Lipinski definition) is 2. The molecule has 0 radical (unpaired) electrons. The lowest BCUT2D eigenvalue weighted by atomic mass is 9.98. The van der Waals surface area contributed by atoms with Gasteiger partial charge in [-0.15, -0.1) is 0 Å². The number of aromatic nitrogens is 2. The lowest BCUT2D eigenvalue weighted by molar-refractivity contribution is 0.390. The van der Waals surface area contributed by atoms with Crippen molar-refractivity contribution in [3.05, 3.63) is 18.2 Å². The molecule has 15 heavy (non-hydrogen) atoms. The Morgan fingerprint density at radius 1 is 1.40 bits per heavy atom. The third-order valence-corrected chi connectivity index (χ3v) is 3.05. The summed E-state index contributed by atoms with van der Waals surface area (Å²) in [6, 6.07) is 0. The zero-order chi connectivity index (χ0) is 11.3. The van der Waals surface area contributed by atoms with E-state index in [2.05, 4.69) is 42.6 Å². The molecule has 0 aromatic carbocycles. The Bertz CT molecular complexity index is 278. The average Bonchev–Trinajstić information content (AvgIpc) is 2.65. The van der Waals surface area contributed by atoms with Crippen LogP contribution in [0.4, 0.5) is 0 Å². The van der Waals surface area contributed by atoms with Gasteiger partial charge in [-0.1, -0.05) is 20.8 Å². The van der Waals surface area contributed by atoms with Crippen molar-refractivity contribution in [2.24, 2.45) is 11.8 Å². The van der Waals surface area contributed by atoms with Gasteiger partial charge < -0.3 is 9.88 Å². The van der Waals surface area contributed by atoms with Crippen LogP contribution < -0.4 is 5.32 Å². The Kier molecular flexibility index (Phi) is 4.82. The molecule has 0 spiro atoms. The van der Waals surface area contributed by atoms with Crippen LogP contribution in [0.5, 0.6) is 0 Å². The predicted octanol–water partition coefficient (Wildman–Crippen LogP) is 2.28. The molecule has 1 aromatic heterocycles. The quantitative estimate of drug-likeness (QED) is 0.779. The smallest absolute Gasteiger partial charge is 0.0948 e. The van der Waals surface area contributed by atoms with E-state index in [1.165, 1.54) is 5.69 Å². The molecular weight excluding hydrogens is 186 g/mol. The van der Waals surface area contributed by atoms with Crippen molar-refractivity contribution < 1.29 is 0 Å². The van der Waals surface area contributed by atoms with E-state index >= 15 is 0 Å². The van der Waals surface area contributed by atoms with E-state index in [0.29, 0.717) is 0 Å². The second kappa shape index (κ2) is 5.91. The molecule has 0 aliphatic carbocycles. The molecule has 1 aromatic rings. The molecule has 1 unspecified atom stereocenters. The van der Waals surface area contributed by atoms with E-state index in [0.717, 1.165) is 31.5 Å². The van der Waals surface area contributed by atoms with Crippen molar-refractivity contribution >= 4 is 0 Å². The van der Waals surface area contributed by atoms with Gasteiger partial charge in [0.25, 0.3) is 0 Å². The fraction of sp³-hybridized carbons (Fsp3) is 0.750. The average molecular weight is 209 g/mol. The zero-order valence-corrected chi connectivity index (χ0v) is 10.3. The number of nitrogens with zero attached hydrogens (tertiary/aromatic N) is 2. The van der Waals surface area contributed by atoms with Gasteiger partial charge in [-0.05, 0) is 25.3 Å². The van der Waals surface area contributed by atoms with Crippen LogP contribution >= 0.6 is 0 Å². The van der Waals surface area contributed by atoms with Gasteiger partial charge >= 0.3 is 0 Å². The molecule has 0 aliphatic heterocycles. The van der Waals surface area contributed by atoms with Crippen molar-refractivity contribution in [1.29, 1.82) is 0 Å². The summed E-state index contributed by atoms with van der Waals surface area (Å²) in [6.45, 7) is 12.0. The van der Waals surface area contributed by atoms with Gasteiger partial charge in [-0.25, -0.2) is 4.98 Å². The van der Waals surface area contributed by atoms with Crippen LogP contribution in [0.3, 0.4) is 0 Å². The molecule has 1 atom stereocenters. The largest absolute Gasteiger partial charge is 0.334 e. The van der Waals surface area contributed by atoms with Crippen LogP contribution in [0.2, 0.25) is 0 Å². The normalized spacial score (nSPS) is 13.4. The van der Waals surface area contributed by atoms with Gasteiger partial charge in [0, 0.05) is 19.3 Å². The third-order valence-electron chi connectivity index (χ3n) is 3.05. The fourth-order valence-corrected chi connectivity index (χ4v) is 1.44. The van der Waals surface area contributed by atoms with Crippen molar-refractivity contribution in [3.8, 4) is 0 Å². The van der Waals surface area contributed by atoms with Crippen LogP contribution in [0.25, 0.3) is 0 Å². The number of imidazole rings is 1. The highest BCUT2D eigenvalue weighted by molar-refractivity contribution is 4.97. The van der Waals surface area contributed by atoms with E-state index < -0.39 is 0 Å². The highest BCUT2D eigenvalue weighted by Gasteiger charge is 2.06. The first-order valence-electron chi connectivity index (χ1n) is 5.84. The summed E-state index contributed by atoms with van der Waals surface area (Å²) in [4.78, 5) is 4.15. The lowest BCUT2D eigenvalue weighted by Crippen LogP contribution is -2.24. The number of hydrogen-bond donors (Lipinski definition) is 1. The van der Waals surface area contributed by atoms with Crippen LogP contribution in [-0.2, 0) is 13.1 Å². The van der Waals surface area contributed by atoms with E-state index in [4.69, 9.17) is 0 Å². The summed E-state index contributed by atoms with van der Waals surface area (Å²) in [5.41, 5.74) is 1.27.